The number of hydrogen-bond donors (Lipinski definition) is 0. The Morgan fingerprint density at radius 3 is 1.35 bits per heavy atom. The molecular weight excluding hydrogens is 543 g/mol. The molecule has 6 nitrogen and oxygen atoms in total. The number of rotatable bonds is 15. The van der Waals surface area contributed by atoms with Crippen LogP contribution in [0.5, 0.6) is 0 Å². The van der Waals surface area contributed by atoms with Crippen LogP contribution in [0.25, 0.3) is 0 Å². The Morgan fingerprint density at radius 2 is 0.973 bits per heavy atom. The average molecular weight is 578 g/mol. The highest BCUT2D eigenvalue weighted by Crippen LogP contribution is 2.25. The van der Waals surface area contributed by atoms with E-state index < -0.39 is 17.1 Å². The maximum absolute atomic E-state index is 13.2. The van der Waals surface area contributed by atoms with Crippen LogP contribution in [-0.2, 0) is 19.6 Å². The SMILES string of the molecule is CCCCn1c(=O)n(CCCSc2cccc(SC)c2)c(=O)n(CCCSc2cccc(SC)c2)c1=O. The van der Waals surface area contributed by atoms with Crippen molar-refractivity contribution in [3.63, 3.8) is 0 Å². The molecule has 1 heterocycles. The lowest BCUT2D eigenvalue weighted by atomic mass is 10.3. The number of thioether (sulfide) groups is 4. The van der Waals surface area contributed by atoms with Gasteiger partial charge in [0.25, 0.3) is 0 Å². The summed E-state index contributed by atoms with van der Waals surface area (Å²) in [6.07, 6.45) is 7.01. The maximum atomic E-state index is 13.2. The second kappa shape index (κ2) is 15.6. The third-order valence-electron chi connectivity index (χ3n) is 5.79. The zero-order chi connectivity index (χ0) is 26.6. The molecule has 3 aromatic rings. The van der Waals surface area contributed by atoms with Crippen molar-refractivity contribution in [1.82, 2.24) is 13.7 Å². The molecule has 0 aliphatic heterocycles. The molecule has 0 fully saturated rings. The molecule has 0 aliphatic rings. The van der Waals surface area contributed by atoms with E-state index in [0.29, 0.717) is 32.5 Å². The highest BCUT2D eigenvalue weighted by Gasteiger charge is 2.15. The number of hydrogen-bond acceptors (Lipinski definition) is 7. The third-order valence-corrected chi connectivity index (χ3v) is 9.40. The summed E-state index contributed by atoms with van der Waals surface area (Å²) in [6.45, 7) is 2.96. The van der Waals surface area contributed by atoms with E-state index in [1.54, 1.807) is 47.0 Å². The van der Waals surface area contributed by atoms with Gasteiger partial charge in [0.05, 0.1) is 0 Å². The van der Waals surface area contributed by atoms with Crippen molar-refractivity contribution in [3.8, 4) is 0 Å². The van der Waals surface area contributed by atoms with Crippen molar-refractivity contribution in [2.75, 3.05) is 24.0 Å². The molecule has 0 saturated heterocycles. The first-order valence-corrected chi connectivity index (χ1v) is 16.9. The first kappa shape index (κ1) is 29.8. The number of unbranched alkanes of at least 4 members (excludes halogenated alkanes) is 1. The maximum Gasteiger partial charge on any atom is 0.336 e. The van der Waals surface area contributed by atoms with Crippen molar-refractivity contribution < 1.29 is 0 Å². The summed E-state index contributed by atoms with van der Waals surface area (Å²) in [5.41, 5.74) is -1.47. The lowest BCUT2D eigenvalue weighted by molar-refractivity contribution is 0.434. The molecule has 0 aliphatic carbocycles. The normalized spacial score (nSPS) is 11.2. The Bertz CT molecular complexity index is 1240. The van der Waals surface area contributed by atoms with E-state index in [1.807, 2.05) is 19.1 Å². The van der Waals surface area contributed by atoms with Gasteiger partial charge in [-0.3, -0.25) is 0 Å². The van der Waals surface area contributed by atoms with Crippen LogP contribution in [0.4, 0.5) is 0 Å². The molecule has 0 spiro atoms. The lowest BCUT2D eigenvalue weighted by Gasteiger charge is -2.14. The van der Waals surface area contributed by atoms with E-state index in [4.69, 9.17) is 0 Å². The molecule has 0 amide bonds. The van der Waals surface area contributed by atoms with Gasteiger partial charge in [-0.2, -0.15) is 0 Å². The molecule has 10 heteroatoms. The van der Waals surface area contributed by atoms with Crippen LogP contribution in [0.1, 0.15) is 32.6 Å². The van der Waals surface area contributed by atoms with Crippen LogP contribution < -0.4 is 17.1 Å². The predicted octanol–water partition coefficient (Wildman–Crippen LogP) is 5.78. The van der Waals surface area contributed by atoms with Crippen LogP contribution in [0.15, 0.2) is 82.5 Å². The van der Waals surface area contributed by atoms with Gasteiger partial charge in [-0.15, -0.1) is 47.0 Å². The van der Waals surface area contributed by atoms with E-state index in [9.17, 15) is 14.4 Å². The molecule has 200 valence electrons. The zero-order valence-electron chi connectivity index (χ0n) is 21.7. The van der Waals surface area contributed by atoms with E-state index >= 15 is 0 Å². The van der Waals surface area contributed by atoms with Gasteiger partial charge in [0.1, 0.15) is 0 Å². The number of aromatic nitrogens is 3. The molecule has 1 aromatic heterocycles. The van der Waals surface area contributed by atoms with Gasteiger partial charge >= 0.3 is 17.1 Å². The average Bonchev–Trinajstić information content (AvgIpc) is 2.92. The predicted molar refractivity (Wildman–Crippen MR) is 161 cm³/mol. The summed E-state index contributed by atoms with van der Waals surface area (Å²) < 4.78 is 3.76. The van der Waals surface area contributed by atoms with Crippen LogP contribution in [0.2, 0.25) is 0 Å². The molecular formula is C27H35N3O3S4. The van der Waals surface area contributed by atoms with Crippen molar-refractivity contribution in [1.29, 1.82) is 0 Å². The van der Waals surface area contributed by atoms with E-state index in [0.717, 1.165) is 24.3 Å². The second-order valence-corrected chi connectivity index (χ2v) is 12.5. The van der Waals surface area contributed by atoms with Gasteiger partial charge in [-0.05, 0) is 79.7 Å². The molecule has 37 heavy (non-hydrogen) atoms. The quantitative estimate of drug-likeness (QED) is 0.168. The topological polar surface area (TPSA) is 66.0 Å². The Morgan fingerprint density at radius 1 is 0.595 bits per heavy atom. The highest BCUT2D eigenvalue weighted by atomic mass is 32.2. The standard InChI is InChI=1S/C27H35N3O3S4/c1-4-5-14-28-25(31)29(15-8-17-36-23-12-6-10-21(19-23)34-2)27(33)30(26(28)32)16-9-18-37-24-13-7-11-22(20-24)35-3/h6-7,10-13,19-20H,4-5,8-9,14-18H2,1-3H3. The van der Waals surface area contributed by atoms with Crippen LogP contribution in [0.3, 0.4) is 0 Å². The fourth-order valence-electron chi connectivity index (χ4n) is 3.78. The lowest BCUT2D eigenvalue weighted by Crippen LogP contribution is -2.54. The Balaban J connectivity index is 1.70. The Labute approximate surface area is 235 Å². The van der Waals surface area contributed by atoms with E-state index in [1.165, 1.54) is 33.3 Å². The minimum Gasteiger partial charge on any atom is -0.247 e. The number of nitrogens with zero attached hydrogens (tertiary/aromatic N) is 3. The van der Waals surface area contributed by atoms with Gasteiger partial charge in [0.2, 0.25) is 0 Å². The fourth-order valence-corrected chi connectivity index (χ4v) is 6.64. The van der Waals surface area contributed by atoms with E-state index in [2.05, 4.69) is 48.9 Å². The van der Waals surface area contributed by atoms with Crippen LogP contribution in [0, 0.1) is 0 Å². The van der Waals surface area contributed by atoms with Gasteiger partial charge in [-0.1, -0.05) is 25.5 Å². The molecule has 0 N–H and O–H groups in total. The van der Waals surface area contributed by atoms with Crippen molar-refractivity contribution in [2.24, 2.45) is 0 Å². The van der Waals surface area contributed by atoms with Gasteiger partial charge in [-0.25, -0.2) is 28.1 Å². The van der Waals surface area contributed by atoms with Crippen molar-refractivity contribution in [3.05, 3.63) is 80.0 Å². The first-order chi connectivity index (χ1) is 18.0. The zero-order valence-corrected chi connectivity index (χ0v) is 24.9. The van der Waals surface area contributed by atoms with Crippen LogP contribution in [-0.4, -0.2) is 37.7 Å². The van der Waals surface area contributed by atoms with Gasteiger partial charge < -0.3 is 0 Å². The van der Waals surface area contributed by atoms with Crippen molar-refractivity contribution in [2.45, 2.75) is 71.8 Å². The largest absolute Gasteiger partial charge is 0.336 e. The van der Waals surface area contributed by atoms with E-state index in [-0.39, 0.29) is 0 Å². The molecule has 2 aromatic carbocycles. The molecule has 0 unspecified atom stereocenters. The second-order valence-electron chi connectivity index (χ2n) is 8.42. The summed E-state index contributed by atoms with van der Waals surface area (Å²) >= 11 is 6.84. The first-order valence-electron chi connectivity index (χ1n) is 12.5. The minimum absolute atomic E-state index is 0.301. The molecule has 0 radical (unpaired) electrons. The summed E-state index contributed by atoms with van der Waals surface area (Å²) in [4.78, 5) is 44.2. The van der Waals surface area contributed by atoms with Crippen molar-refractivity contribution >= 4 is 47.0 Å². The minimum atomic E-state index is -0.494. The van der Waals surface area contributed by atoms with Gasteiger partial charge in [0.15, 0.2) is 0 Å². The summed E-state index contributed by atoms with van der Waals surface area (Å²) in [5.74, 6) is 1.56. The monoisotopic (exact) mass is 577 g/mol. The third kappa shape index (κ3) is 8.63. The number of benzene rings is 2. The molecule has 0 atom stereocenters. The molecule has 0 saturated carbocycles. The fraction of sp³-hybridized carbons (Fsp3) is 0.444. The molecule has 0 bridgehead atoms. The Hall–Kier alpha value is -1.75. The van der Waals surface area contributed by atoms with Crippen LogP contribution >= 0.6 is 47.0 Å². The highest BCUT2D eigenvalue weighted by molar-refractivity contribution is 8.00. The Kier molecular flexibility index (Phi) is 12.6. The smallest absolute Gasteiger partial charge is 0.247 e. The van der Waals surface area contributed by atoms with Gasteiger partial charge in [0, 0.05) is 39.2 Å². The summed E-state index contributed by atoms with van der Waals surface area (Å²) in [6, 6.07) is 16.7. The summed E-state index contributed by atoms with van der Waals surface area (Å²) in [5, 5.41) is 0. The summed E-state index contributed by atoms with van der Waals surface area (Å²) in [7, 11) is 0. The molecule has 3 rings (SSSR count).